The summed E-state index contributed by atoms with van der Waals surface area (Å²) in [6, 6.07) is 0. The van der Waals surface area contributed by atoms with Gasteiger partial charge in [-0.05, 0) is 37.6 Å². The number of nitrogens with zero attached hydrogens (tertiary/aromatic N) is 5. The molecule has 7 heteroatoms. The van der Waals surface area contributed by atoms with Crippen molar-refractivity contribution < 1.29 is 4.52 Å². The highest BCUT2D eigenvalue weighted by Crippen LogP contribution is 2.28. The van der Waals surface area contributed by atoms with Crippen LogP contribution >= 0.6 is 0 Å². The number of pyridine rings is 1. The van der Waals surface area contributed by atoms with E-state index in [1.807, 2.05) is 13.1 Å². The molecule has 0 bridgehead atoms. The molecule has 1 saturated heterocycles. The van der Waals surface area contributed by atoms with Crippen molar-refractivity contribution in [3.8, 4) is 11.4 Å². The Balaban J connectivity index is 1.52. The Labute approximate surface area is 148 Å². The number of aryl methyl sites for hydroxylation is 1. The lowest BCUT2D eigenvalue weighted by molar-refractivity contribution is 0.121. The molecule has 2 aliphatic heterocycles. The highest BCUT2D eigenvalue weighted by molar-refractivity contribution is 5.64. The molecule has 0 aliphatic carbocycles. The topological polar surface area (TPSA) is 70.3 Å². The zero-order valence-corrected chi connectivity index (χ0v) is 15.1. The first kappa shape index (κ1) is 16.6. The van der Waals surface area contributed by atoms with E-state index in [1.165, 1.54) is 11.1 Å². The molecule has 0 atom stereocenters. The van der Waals surface area contributed by atoms with Crippen LogP contribution in [0.5, 0.6) is 0 Å². The minimum atomic E-state index is 0.686. The Bertz CT molecular complexity index is 735. The highest BCUT2D eigenvalue weighted by Gasteiger charge is 2.22. The molecule has 2 aromatic heterocycles. The van der Waals surface area contributed by atoms with Crippen LogP contribution in [0.1, 0.15) is 29.6 Å². The maximum atomic E-state index is 5.56. The van der Waals surface area contributed by atoms with E-state index in [2.05, 4.69) is 37.2 Å². The fraction of sp³-hybridized carbons (Fsp3) is 0.611. The van der Waals surface area contributed by atoms with Gasteiger partial charge < -0.3 is 14.7 Å². The van der Waals surface area contributed by atoms with E-state index >= 15 is 0 Å². The lowest BCUT2D eigenvalue weighted by Crippen LogP contribution is -2.45. The molecule has 2 aromatic rings. The molecule has 0 radical (unpaired) electrons. The van der Waals surface area contributed by atoms with Gasteiger partial charge in [0.1, 0.15) is 0 Å². The summed E-state index contributed by atoms with van der Waals surface area (Å²) in [6.07, 6.45) is 2.95. The van der Waals surface area contributed by atoms with E-state index in [0.717, 1.165) is 70.0 Å². The van der Waals surface area contributed by atoms with Crippen molar-refractivity contribution in [1.29, 1.82) is 0 Å². The van der Waals surface area contributed by atoms with Crippen LogP contribution in [-0.2, 0) is 19.5 Å². The predicted octanol–water partition coefficient (Wildman–Crippen LogP) is 1.22. The van der Waals surface area contributed by atoms with Crippen LogP contribution < -0.4 is 5.32 Å². The minimum Gasteiger partial charge on any atom is -0.338 e. The third-order valence-corrected chi connectivity index (χ3v) is 5.30. The van der Waals surface area contributed by atoms with E-state index < -0.39 is 0 Å². The van der Waals surface area contributed by atoms with Crippen LogP contribution in [0.25, 0.3) is 11.4 Å². The van der Waals surface area contributed by atoms with Gasteiger partial charge >= 0.3 is 0 Å². The smallest absolute Gasteiger partial charge is 0.241 e. The summed E-state index contributed by atoms with van der Waals surface area (Å²) in [7, 11) is 0. The Kier molecular flexibility index (Phi) is 4.78. The van der Waals surface area contributed by atoms with Crippen molar-refractivity contribution in [2.24, 2.45) is 0 Å². The number of rotatable bonds is 4. The molecule has 134 valence electrons. The van der Waals surface area contributed by atoms with Gasteiger partial charge in [0.25, 0.3) is 0 Å². The van der Waals surface area contributed by atoms with Crippen molar-refractivity contribution >= 4 is 0 Å². The zero-order chi connectivity index (χ0) is 17.2. The lowest BCUT2D eigenvalue weighted by Gasteiger charge is -2.33. The second-order valence-electron chi connectivity index (χ2n) is 6.87. The second-order valence-corrected chi connectivity index (χ2v) is 6.87. The van der Waals surface area contributed by atoms with Crippen LogP contribution in [0.4, 0.5) is 0 Å². The number of piperazine rings is 1. The minimum absolute atomic E-state index is 0.686. The summed E-state index contributed by atoms with van der Waals surface area (Å²) >= 11 is 0. The Morgan fingerprint density at radius 2 is 2.00 bits per heavy atom. The second kappa shape index (κ2) is 7.19. The van der Waals surface area contributed by atoms with Gasteiger partial charge in [0.15, 0.2) is 0 Å². The fourth-order valence-corrected chi connectivity index (χ4v) is 3.74. The molecule has 7 nitrogen and oxygen atoms in total. The molecule has 25 heavy (non-hydrogen) atoms. The fourth-order valence-electron chi connectivity index (χ4n) is 3.74. The first-order chi connectivity index (χ1) is 12.2. The molecule has 4 heterocycles. The Hall–Kier alpha value is -1.83. The number of nitrogens with one attached hydrogen (secondary N) is 1. The number of hydrogen-bond acceptors (Lipinski definition) is 7. The van der Waals surface area contributed by atoms with E-state index in [0.29, 0.717) is 11.7 Å². The highest BCUT2D eigenvalue weighted by atomic mass is 16.5. The lowest BCUT2D eigenvalue weighted by atomic mass is 9.95. The molecular weight excluding hydrogens is 316 g/mol. The van der Waals surface area contributed by atoms with Crippen LogP contribution in [0.3, 0.4) is 0 Å². The van der Waals surface area contributed by atoms with E-state index in [1.54, 1.807) is 0 Å². The molecule has 1 fully saturated rings. The molecule has 0 amide bonds. The van der Waals surface area contributed by atoms with Gasteiger partial charge in [-0.25, -0.2) is 0 Å². The van der Waals surface area contributed by atoms with Crippen molar-refractivity contribution in [3.05, 3.63) is 28.9 Å². The molecule has 2 aliphatic rings. The van der Waals surface area contributed by atoms with Crippen LogP contribution in [0.2, 0.25) is 0 Å². The number of hydrogen-bond donors (Lipinski definition) is 1. The summed E-state index contributed by atoms with van der Waals surface area (Å²) in [5.41, 5.74) is 4.60. The largest absolute Gasteiger partial charge is 0.338 e. The van der Waals surface area contributed by atoms with E-state index in [4.69, 9.17) is 4.52 Å². The molecule has 0 unspecified atom stereocenters. The SMILES string of the molecule is CCN1CCN(Cc2nc(-c3c(C)ncc4c3CCNC4)no2)CC1. The van der Waals surface area contributed by atoms with Crippen molar-refractivity contribution in [3.63, 3.8) is 0 Å². The monoisotopic (exact) mass is 342 g/mol. The molecule has 1 N–H and O–H groups in total. The average Bonchev–Trinajstić information content (AvgIpc) is 3.10. The van der Waals surface area contributed by atoms with Crippen LogP contribution in [0, 0.1) is 6.92 Å². The average molecular weight is 342 g/mol. The molecule has 0 spiro atoms. The molecule has 4 rings (SSSR count). The third-order valence-electron chi connectivity index (χ3n) is 5.30. The number of likely N-dealkylation sites (N-methyl/N-ethyl adjacent to an activating group) is 1. The van der Waals surface area contributed by atoms with Gasteiger partial charge in [-0.15, -0.1) is 0 Å². The van der Waals surface area contributed by atoms with Gasteiger partial charge in [-0.2, -0.15) is 4.98 Å². The summed E-state index contributed by atoms with van der Waals surface area (Å²) in [5.74, 6) is 1.39. The van der Waals surface area contributed by atoms with Gasteiger partial charge in [0.2, 0.25) is 11.7 Å². The van der Waals surface area contributed by atoms with E-state index in [-0.39, 0.29) is 0 Å². The van der Waals surface area contributed by atoms with E-state index in [9.17, 15) is 0 Å². The summed E-state index contributed by atoms with van der Waals surface area (Å²) < 4.78 is 5.56. The van der Waals surface area contributed by atoms with Crippen molar-refractivity contribution in [2.75, 3.05) is 39.3 Å². The molecular formula is C18H26N6O. The van der Waals surface area contributed by atoms with Crippen molar-refractivity contribution in [2.45, 2.75) is 33.4 Å². The summed E-state index contributed by atoms with van der Waals surface area (Å²) in [6.45, 7) is 12.3. The molecule has 0 saturated carbocycles. The zero-order valence-electron chi connectivity index (χ0n) is 15.1. The normalized spacial score (nSPS) is 19.1. The van der Waals surface area contributed by atoms with Gasteiger partial charge in [-0.1, -0.05) is 12.1 Å². The van der Waals surface area contributed by atoms with Crippen LogP contribution in [-0.4, -0.2) is 64.2 Å². The molecule has 0 aromatic carbocycles. The standard InChI is InChI=1S/C18H26N6O/c1-3-23-6-8-24(9-7-23)12-16-21-18(22-25-16)17-13(2)20-11-14-10-19-5-4-15(14)17/h11,19H,3-10,12H2,1-2H3. The van der Waals surface area contributed by atoms with Crippen molar-refractivity contribution in [1.82, 2.24) is 30.2 Å². The number of fused-ring (bicyclic) bond motifs is 1. The summed E-state index contributed by atoms with van der Waals surface area (Å²) in [5, 5.41) is 7.66. The quantitative estimate of drug-likeness (QED) is 0.896. The number of aromatic nitrogens is 3. The third kappa shape index (κ3) is 3.44. The van der Waals surface area contributed by atoms with Crippen LogP contribution in [0.15, 0.2) is 10.7 Å². The summed E-state index contributed by atoms with van der Waals surface area (Å²) in [4.78, 5) is 14.1. The maximum absolute atomic E-state index is 5.56. The van der Waals surface area contributed by atoms with Gasteiger partial charge in [0, 0.05) is 50.2 Å². The Morgan fingerprint density at radius 3 is 2.80 bits per heavy atom. The first-order valence-electron chi connectivity index (χ1n) is 9.20. The van der Waals surface area contributed by atoms with Gasteiger partial charge in [-0.3, -0.25) is 9.88 Å². The maximum Gasteiger partial charge on any atom is 0.241 e. The predicted molar refractivity (Wildman–Crippen MR) is 95.1 cm³/mol. The first-order valence-corrected chi connectivity index (χ1v) is 9.20. The van der Waals surface area contributed by atoms with Gasteiger partial charge in [0.05, 0.1) is 6.54 Å². The Morgan fingerprint density at radius 1 is 1.20 bits per heavy atom.